The Morgan fingerprint density at radius 1 is 1.13 bits per heavy atom. The first-order valence-corrected chi connectivity index (χ1v) is 9.93. The number of nitriles is 1. The number of hydrogen-bond acceptors (Lipinski definition) is 7. The van der Waals surface area contributed by atoms with E-state index in [1.54, 1.807) is 48.7 Å². The van der Waals surface area contributed by atoms with E-state index in [2.05, 4.69) is 16.0 Å². The van der Waals surface area contributed by atoms with Crippen molar-refractivity contribution in [3.05, 3.63) is 54.2 Å². The van der Waals surface area contributed by atoms with Crippen LogP contribution in [0.2, 0.25) is 0 Å². The summed E-state index contributed by atoms with van der Waals surface area (Å²) in [5, 5.41) is 20.5. The highest BCUT2D eigenvalue weighted by atomic mass is 16.5. The highest BCUT2D eigenvalue weighted by Crippen LogP contribution is 2.33. The third-order valence-electron chi connectivity index (χ3n) is 4.83. The quantitative estimate of drug-likeness (QED) is 0.524. The Morgan fingerprint density at radius 2 is 1.87 bits per heavy atom. The van der Waals surface area contributed by atoms with Gasteiger partial charge in [-0.05, 0) is 49.5 Å². The summed E-state index contributed by atoms with van der Waals surface area (Å²) in [5.74, 6) is 1.60. The van der Waals surface area contributed by atoms with E-state index in [0.717, 1.165) is 13.1 Å². The first-order chi connectivity index (χ1) is 14.5. The summed E-state index contributed by atoms with van der Waals surface area (Å²) in [4.78, 5) is 6.49. The molecular weight excluding hydrogens is 380 g/mol. The summed E-state index contributed by atoms with van der Waals surface area (Å²) in [6.45, 7) is 6.41. The number of aliphatic hydroxyl groups is 1. The van der Waals surface area contributed by atoms with E-state index in [0.29, 0.717) is 45.9 Å². The topological polar surface area (TPSA) is 105 Å². The third kappa shape index (κ3) is 5.17. The molecule has 0 amide bonds. The summed E-state index contributed by atoms with van der Waals surface area (Å²) >= 11 is 0. The molecule has 7 nitrogen and oxygen atoms in total. The number of aromatic nitrogens is 1. The number of anilines is 1. The zero-order valence-corrected chi connectivity index (χ0v) is 17.2. The number of fused-ring (bicyclic) bond motifs is 1. The largest absolute Gasteiger partial charge is 0.489 e. The Morgan fingerprint density at radius 3 is 2.53 bits per heavy atom. The van der Waals surface area contributed by atoms with Crippen LogP contribution in [0, 0.1) is 11.3 Å². The molecule has 30 heavy (non-hydrogen) atoms. The van der Waals surface area contributed by atoms with Crippen molar-refractivity contribution in [2.45, 2.75) is 20.0 Å². The molecular formula is C23H26N4O3. The van der Waals surface area contributed by atoms with Crippen LogP contribution in [0.4, 0.5) is 5.69 Å². The fraction of sp³-hybridized carbons (Fsp3) is 0.304. The average Bonchev–Trinajstić information content (AvgIpc) is 2.77. The predicted molar refractivity (Wildman–Crippen MR) is 117 cm³/mol. The van der Waals surface area contributed by atoms with Gasteiger partial charge in [-0.25, -0.2) is 0 Å². The molecule has 0 aliphatic carbocycles. The first kappa shape index (κ1) is 21.4. The molecule has 1 heterocycles. The number of ether oxygens (including phenoxy) is 2. The van der Waals surface area contributed by atoms with Crippen LogP contribution in [0.5, 0.6) is 17.2 Å². The maximum atomic E-state index is 10.3. The molecule has 0 unspecified atom stereocenters. The van der Waals surface area contributed by atoms with E-state index >= 15 is 0 Å². The molecule has 3 N–H and O–H groups in total. The molecule has 0 saturated heterocycles. The SMILES string of the molecule is CCN(CC)C[C@H](O)COc1cc2nccc(Oc3ccc(N)cc3)c2cc1C#N. The lowest BCUT2D eigenvalue weighted by atomic mass is 10.1. The molecule has 2 aromatic carbocycles. The number of pyridine rings is 1. The fourth-order valence-electron chi connectivity index (χ4n) is 3.13. The highest BCUT2D eigenvalue weighted by Gasteiger charge is 2.14. The predicted octanol–water partition coefficient (Wildman–Crippen LogP) is 3.56. The van der Waals surface area contributed by atoms with E-state index in [4.69, 9.17) is 15.2 Å². The zero-order valence-electron chi connectivity index (χ0n) is 17.2. The lowest BCUT2D eigenvalue weighted by Crippen LogP contribution is -2.35. The molecule has 0 radical (unpaired) electrons. The van der Waals surface area contributed by atoms with Crippen LogP contribution in [0.1, 0.15) is 19.4 Å². The normalized spacial score (nSPS) is 12.0. The molecule has 1 aromatic heterocycles. The lowest BCUT2D eigenvalue weighted by molar-refractivity contribution is 0.0716. The Balaban J connectivity index is 1.82. The lowest BCUT2D eigenvalue weighted by Gasteiger charge is -2.22. The van der Waals surface area contributed by atoms with Crippen molar-refractivity contribution in [1.29, 1.82) is 5.26 Å². The minimum Gasteiger partial charge on any atom is -0.489 e. The van der Waals surface area contributed by atoms with Crippen LogP contribution in [0.3, 0.4) is 0 Å². The molecule has 0 spiro atoms. The van der Waals surface area contributed by atoms with E-state index in [1.807, 2.05) is 13.8 Å². The summed E-state index contributed by atoms with van der Waals surface area (Å²) in [6.07, 6.45) is 0.986. The molecule has 3 rings (SSSR count). The van der Waals surface area contributed by atoms with Gasteiger partial charge in [0.25, 0.3) is 0 Å². The van der Waals surface area contributed by atoms with Gasteiger partial charge in [-0.15, -0.1) is 0 Å². The maximum absolute atomic E-state index is 10.3. The molecule has 0 fully saturated rings. The molecule has 156 valence electrons. The molecule has 1 atom stereocenters. The number of nitrogens with zero attached hydrogens (tertiary/aromatic N) is 3. The number of aliphatic hydroxyl groups excluding tert-OH is 1. The van der Waals surface area contributed by atoms with E-state index in [1.165, 1.54) is 0 Å². The van der Waals surface area contributed by atoms with Gasteiger partial charge in [-0.1, -0.05) is 13.8 Å². The molecule has 0 aliphatic rings. The van der Waals surface area contributed by atoms with Crippen molar-refractivity contribution in [1.82, 2.24) is 9.88 Å². The number of benzene rings is 2. The minimum absolute atomic E-state index is 0.0956. The standard InChI is InChI=1S/C23H26N4O3/c1-3-27(4-2)14-18(28)15-29-23-12-21-20(11-16(23)13-24)22(9-10-26-21)30-19-7-5-17(25)6-8-19/h5-12,18,28H,3-4,14-15,25H2,1-2H3/t18-/m0/s1. The van der Waals surface area contributed by atoms with E-state index < -0.39 is 6.10 Å². The van der Waals surface area contributed by atoms with Crippen LogP contribution >= 0.6 is 0 Å². The van der Waals surface area contributed by atoms with Gasteiger partial charge in [0.15, 0.2) is 0 Å². The van der Waals surface area contributed by atoms with Crippen molar-refractivity contribution < 1.29 is 14.6 Å². The van der Waals surface area contributed by atoms with Gasteiger partial charge in [0.05, 0.1) is 11.1 Å². The number of nitrogen functional groups attached to an aromatic ring is 1. The van der Waals surface area contributed by atoms with Gasteiger partial charge in [0.1, 0.15) is 36.0 Å². The van der Waals surface area contributed by atoms with Crippen LogP contribution in [0.15, 0.2) is 48.7 Å². The van der Waals surface area contributed by atoms with Gasteiger partial charge in [-0.3, -0.25) is 4.98 Å². The molecule has 0 saturated carbocycles. The summed E-state index contributed by atoms with van der Waals surface area (Å²) < 4.78 is 11.7. The third-order valence-corrected chi connectivity index (χ3v) is 4.83. The number of nitrogens with two attached hydrogens (primary N) is 1. The molecule has 0 aliphatic heterocycles. The summed E-state index contributed by atoms with van der Waals surface area (Å²) in [5.41, 5.74) is 7.36. The zero-order chi connectivity index (χ0) is 21.5. The Bertz CT molecular complexity index is 1030. The highest BCUT2D eigenvalue weighted by molar-refractivity contribution is 5.88. The van der Waals surface area contributed by atoms with Crippen molar-refractivity contribution in [2.24, 2.45) is 0 Å². The Kier molecular flexibility index (Phi) is 7.07. The second-order valence-electron chi connectivity index (χ2n) is 6.91. The second-order valence-corrected chi connectivity index (χ2v) is 6.91. The number of likely N-dealkylation sites (N-methyl/N-ethyl adjacent to an activating group) is 1. The van der Waals surface area contributed by atoms with Crippen molar-refractivity contribution in [3.63, 3.8) is 0 Å². The van der Waals surface area contributed by atoms with Gasteiger partial charge >= 0.3 is 0 Å². The van der Waals surface area contributed by atoms with Gasteiger partial charge in [-0.2, -0.15) is 5.26 Å². The van der Waals surface area contributed by atoms with Crippen molar-refractivity contribution in [2.75, 3.05) is 32.0 Å². The molecule has 7 heteroatoms. The van der Waals surface area contributed by atoms with Crippen LogP contribution in [-0.2, 0) is 0 Å². The second kappa shape index (κ2) is 9.92. The minimum atomic E-state index is -0.653. The monoisotopic (exact) mass is 406 g/mol. The van der Waals surface area contributed by atoms with E-state index in [9.17, 15) is 10.4 Å². The van der Waals surface area contributed by atoms with Crippen LogP contribution in [-0.4, -0.2) is 47.3 Å². The first-order valence-electron chi connectivity index (χ1n) is 9.93. The van der Waals surface area contributed by atoms with Gasteiger partial charge in [0, 0.05) is 29.9 Å². The number of rotatable bonds is 9. The van der Waals surface area contributed by atoms with Crippen molar-refractivity contribution in [3.8, 4) is 23.3 Å². The Hall–Kier alpha value is -3.34. The van der Waals surface area contributed by atoms with Crippen molar-refractivity contribution >= 4 is 16.6 Å². The smallest absolute Gasteiger partial charge is 0.139 e. The summed E-state index contributed by atoms with van der Waals surface area (Å²) in [7, 11) is 0. The number of hydrogen-bond donors (Lipinski definition) is 2. The molecule has 3 aromatic rings. The van der Waals surface area contributed by atoms with Gasteiger partial charge in [0.2, 0.25) is 0 Å². The van der Waals surface area contributed by atoms with Crippen LogP contribution in [0.25, 0.3) is 10.9 Å². The fourth-order valence-corrected chi connectivity index (χ4v) is 3.13. The van der Waals surface area contributed by atoms with Crippen LogP contribution < -0.4 is 15.2 Å². The molecule has 0 bridgehead atoms. The summed E-state index contributed by atoms with van der Waals surface area (Å²) in [6, 6.07) is 14.4. The Labute approximate surface area is 176 Å². The van der Waals surface area contributed by atoms with Gasteiger partial charge < -0.3 is 25.2 Å². The van der Waals surface area contributed by atoms with E-state index in [-0.39, 0.29) is 6.61 Å². The maximum Gasteiger partial charge on any atom is 0.139 e. The average molecular weight is 406 g/mol.